The monoisotopic (exact) mass is 331 g/mol. The lowest BCUT2D eigenvalue weighted by Crippen LogP contribution is -2.12. The summed E-state index contributed by atoms with van der Waals surface area (Å²) in [6.07, 6.45) is 0. The maximum absolute atomic E-state index is 13.3. The Bertz CT molecular complexity index is 620. The van der Waals surface area contributed by atoms with Crippen molar-refractivity contribution in [3.05, 3.63) is 63.4 Å². The average Bonchev–Trinajstić information content (AvgIpc) is 2.44. The molecule has 0 saturated carbocycles. The molecule has 0 aliphatic heterocycles. The molecule has 0 saturated heterocycles. The van der Waals surface area contributed by atoms with Gasteiger partial charge in [0.2, 0.25) is 0 Å². The van der Waals surface area contributed by atoms with Gasteiger partial charge < -0.3 is 5.32 Å². The number of anilines is 1. The fraction of sp³-hybridized carbons (Fsp3) is 0.0714. The molecule has 0 aliphatic carbocycles. The number of hydrogen-bond donors (Lipinski definition) is 1. The van der Waals surface area contributed by atoms with Crippen molar-refractivity contribution in [3.63, 3.8) is 0 Å². The van der Waals surface area contributed by atoms with Crippen LogP contribution in [-0.4, -0.2) is 5.91 Å². The maximum Gasteiger partial charge on any atom is 0.255 e. The average molecular weight is 333 g/mol. The first-order valence-electron chi connectivity index (χ1n) is 5.62. The van der Waals surface area contributed by atoms with Crippen LogP contribution in [0.5, 0.6) is 0 Å². The Morgan fingerprint density at radius 1 is 1.10 bits per heavy atom. The van der Waals surface area contributed by atoms with Crippen molar-refractivity contribution in [2.45, 2.75) is 5.88 Å². The summed E-state index contributed by atoms with van der Waals surface area (Å²) in [6, 6.07) is 9.42. The van der Waals surface area contributed by atoms with E-state index in [9.17, 15) is 9.18 Å². The minimum atomic E-state index is -0.710. The van der Waals surface area contributed by atoms with Crippen LogP contribution >= 0.6 is 34.8 Å². The van der Waals surface area contributed by atoms with Gasteiger partial charge in [0.15, 0.2) is 5.82 Å². The zero-order chi connectivity index (χ0) is 14.7. The van der Waals surface area contributed by atoms with Crippen LogP contribution in [-0.2, 0) is 5.88 Å². The van der Waals surface area contributed by atoms with E-state index in [1.54, 1.807) is 24.3 Å². The van der Waals surface area contributed by atoms with Crippen molar-refractivity contribution >= 4 is 46.4 Å². The number of carbonyl (C=O) groups excluding carboxylic acids is 1. The second-order valence-electron chi connectivity index (χ2n) is 4.04. The lowest BCUT2D eigenvalue weighted by Gasteiger charge is -2.07. The highest BCUT2D eigenvalue weighted by Gasteiger charge is 2.11. The van der Waals surface area contributed by atoms with Crippen LogP contribution in [0.4, 0.5) is 10.1 Å². The molecule has 2 nitrogen and oxygen atoms in total. The number of hydrogen-bond acceptors (Lipinski definition) is 1. The topological polar surface area (TPSA) is 29.1 Å². The van der Waals surface area contributed by atoms with Crippen LogP contribution in [0.1, 0.15) is 15.9 Å². The Kier molecular flexibility index (Phi) is 4.86. The van der Waals surface area contributed by atoms with Crippen molar-refractivity contribution in [3.8, 4) is 0 Å². The van der Waals surface area contributed by atoms with Gasteiger partial charge in [-0.3, -0.25) is 4.79 Å². The first kappa shape index (κ1) is 15.1. The van der Waals surface area contributed by atoms with Gasteiger partial charge >= 0.3 is 0 Å². The van der Waals surface area contributed by atoms with Crippen molar-refractivity contribution in [2.24, 2.45) is 0 Å². The van der Waals surface area contributed by atoms with E-state index in [-0.39, 0.29) is 16.0 Å². The molecule has 2 aromatic rings. The third kappa shape index (κ3) is 3.42. The quantitative estimate of drug-likeness (QED) is 0.613. The SMILES string of the molecule is O=C(Nc1cc(Cl)c(F)c(Cl)c1)c1ccc(CCl)cc1. The molecule has 0 spiro atoms. The Labute approximate surface area is 130 Å². The molecule has 0 heterocycles. The molecule has 0 bridgehead atoms. The number of alkyl halides is 1. The van der Waals surface area contributed by atoms with E-state index >= 15 is 0 Å². The summed E-state index contributed by atoms with van der Waals surface area (Å²) < 4.78 is 13.3. The highest BCUT2D eigenvalue weighted by atomic mass is 35.5. The van der Waals surface area contributed by atoms with Gasteiger partial charge in [-0.1, -0.05) is 35.3 Å². The van der Waals surface area contributed by atoms with Gasteiger partial charge in [0, 0.05) is 17.1 Å². The number of amides is 1. The van der Waals surface area contributed by atoms with Crippen LogP contribution in [0.3, 0.4) is 0 Å². The molecule has 104 valence electrons. The van der Waals surface area contributed by atoms with Crippen LogP contribution in [0.15, 0.2) is 36.4 Å². The molecule has 0 aliphatic rings. The summed E-state index contributed by atoms with van der Waals surface area (Å²) in [5, 5.41) is 2.30. The number of benzene rings is 2. The summed E-state index contributed by atoms with van der Waals surface area (Å²) in [6.45, 7) is 0. The van der Waals surface area contributed by atoms with Gasteiger partial charge in [-0.05, 0) is 29.8 Å². The standard InChI is InChI=1S/C14H9Cl3FNO/c15-7-8-1-3-9(4-2-8)14(20)19-10-5-11(16)13(18)12(17)6-10/h1-6H,7H2,(H,19,20). The lowest BCUT2D eigenvalue weighted by molar-refractivity contribution is 0.102. The Morgan fingerprint density at radius 2 is 1.65 bits per heavy atom. The number of carbonyl (C=O) groups is 1. The third-order valence-corrected chi connectivity index (χ3v) is 3.47. The zero-order valence-electron chi connectivity index (χ0n) is 10.1. The molecular weight excluding hydrogens is 324 g/mol. The van der Waals surface area contributed by atoms with E-state index < -0.39 is 5.82 Å². The van der Waals surface area contributed by atoms with Gasteiger partial charge in [-0.25, -0.2) is 4.39 Å². The van der Waals surface area contributed by atoms with E-state index in [1.165, 1.54) is 12.1 Å². The van der Waals surface area contributed by atoms with Crippen molar-refractivity contribution in [1.82, 2.24) is 0 Å². The Morgan fingerprint density at radius 3 is 2.15 bits per heavy atom. The van der Waals surface area contributed by atoms with E-state index in [4.69, 9.17) is 34.8 Å². The van der Waals surface area contributed by atoms with Crippen LogP contribution in [0, 0.1) is 5.82 Å². The molecule has 20 heavy (non-hydrogen) atoms. The Hall–Kier alpha value is -1.29. The minimum absolute atomic E-state index is 0.148. The van der Waals surface area contributed by atoms with Crippen LogP contribution in [0.2, 0.25) is 10.0 Å². The van der Waals surface area contributed by atoms with Gasteiger partial charge in [0.05, 0.1) is 10.0 Å². The first-order valence-corrected chi connectivity index (χ1v) is 6.91. The highest BCUT2D eigenvalue weighted by Crippen LogP contribution is 2.27. The molecule has 0 fully saturated rings. The summed E-state index contributed by atoms with van der Waals surface area (Å²) >= 11 is 17.0. The largest absolute Gasteiger partial charge is 0.322 e. The molecule has 1 amide bonds. The molecule has 2 rings (SSSR count). The van der Waals surface area contributed by atoms with E-state index in [1.807, 2.05) is 0 Å². The van der Waals surface area contributed by atoms with Gasteiger partial charge in [-0.15, -0.1) is 11.6 Å². The molecule has 0 unspecified atom stereocenters. The molecule has 2 aromatic carbocycles. The van der Waals surface area contributed by atoms with E-state index in [0.29, 0.717) is 17.1 Å². The summed E-state index contributed by atoms with van der Waals surface area (Å²) in [5.74, 6) is -0.673. The summed E-state index contributed by atoms with van der Waals surface area (Å²) in [7, 11) is 0. The predicted molar refractivity (Wildman–Crippen MR) is 80.4 cm³/mol. The second-order valence-corrected chi connectivity index (χ2v) is 5.12. The van der Waals surface area contributed by atoms with Crippen molar-refractivity contribution < 1.29 is 9.18 Å². The normalized spacial score (nSPS) is 10.4. The number of rotatable bonds is 3. The van der Waals surface area contributed by atoms with Gasteiger partial charge in [0.25, 0.3) is 5.91 Å². The van der Waals surface area contributed by atoms with Gasteiger partial charge in [-0.2, -0.15) is 0 Å². The highest BCUT2D eigenvalue weighted by molar-refractivity contribution is 6.35. The van der Waals surface area contributed by atoms with Crippen LogP contribution in [0.25, 0.3) is 0 Å². The smallest absolute Gasteiger partial charge is 0.255 e. The molecule has 0 atom stereocenters. The second kappa shape index (κ2) is 6.44. The lowest BCUT2D eigenvalue weighted by atomic mass is 10.1. The van der Waals surface area contributed by atoms with E-state index in [2.05, 4.69) is 5.32 Å². The van der Waals surface area contributed by atoms with E-state index in [0.717, 1.165) is 5.56 Å². The zero-order valence-corrected chi connectivity index (χ0v) is 12.4. The first-order chi connectivity index (χ1) is 9.51. The van der Waals surface area contributed by atoms with Crippen LogP contribution < -0.4 is 5.32 Å². The predicted octanol–water partition coefficient (Wildman–Crippen LogP) is 5.12. The number of nitrogens with one attached hydrogen (secondary N) is 1. The van der Waals surface area contributed by atoms with Crippen molar-refractivity contribution in [1.29, 1.82) is 0 Å². The fourth-order valence-corrected chi connectivity index (χ4v) is 2.24. The van der Waals surface area contributed by atoms with Gasteiger partial charge in [0.1, 0.15) is 0 Å². The van der Waals surface area contributed by atoms with Crippen molar-refractivity contribution in [2.75, 3.05) is 5.32 Å². The molecule has 6 heteroatoms. The molecule has 0 radical (unpaired) electrons. The fourth-order valence-electron chi connectivity index (χ4n) is 1.58. The Balaban J connectivity index is 2.18. The summed E-state index contributed by atoms with van der Waals surface area (Å²) in [4.78, 5) is 12.0. The summed E-state index contributed by atoms with van der Waals surface area (Å²) in [5.41, 5.74) is 1.69. The number of halogens is 4. The molecule has 1 N–H and O–H groups in total. The maximum atomic E-state index is 13.3. The molecular formula is C14H9Cl3FNO. The third-order valence-electron chi connectivity index (χ3n) is 2.61. The minimum Gasteiger partial charge on any atom is -0.322 e. The molecule has 0 aromatic heterocycles.